The number of amides is 1. The van der Waals surface area contributed by atoms with E-state index >= 15 is 0 Å². The third-order valence-corrected chi connectivity index (χ3v) is 5.11. The zero-order valence-corrected chi connectivity index (χ0v) is 20.0. The summed E-state index contributed by atoms with van der Waals surface area (Å²) in [5.41, 5.74) is 2.66. The Morgan fingerprint density at radius 3 is 2.47 bits per heavy atom. The average Bonchev–Trinajstić information content (AvgIpc) is 3.19. The third-order valence-electron chi connectivity index (χ3n) is 5.11. The van der Waals surface area contributed by atoms with Crippen molar-refractivity contribution in [3.05, 3.63) is 66.4 Å². The number of carbonyl (C=O) groups is 1. The van der Waals surface area contributed by atoms with E-state index in [1.54, 1.807) is 6.26 Å². The van der Waals surface area contributed by atoms with E-state index in [1.165, 1.54) is 5.69 Å². The van der Waals surface area contributed by atoms with Crippen molar-refractivity contribution in [3.63, 3.8) is 0 Å². The Kier molecular flexibility index (Phi) is 7.84. The molecule has 1 amide bonds. The zero-order chi connectivity index (χ0) is 23.1. The van der Waals surface area contributed by atoms with Gasteiger partial charge in [0.25, 0.3) is 0 Å². The largest absolute Gasteiger partial charge is 0.464 e. The van der Waals surface area contributed by atoms with E-state index in [9.17, 15) is 4.79 Å². The molecule has 0 aliphatic rings. The summed E-state index contributed by atoms with van der Waals surface area (Å²) in [7, 11) is 0. The highest BCUT2D eigenvalue weighted by Crippen LogP contribution is 2.24. The number of furan rings is 1. The van der Waals surface area contributed by atoms with E-state index in [-0.39, 0.29) is 6.09 Å². The molecule has 0 bridgehead atoms. The molecule has 0 spiro atoms. The van der Waals surface area contributed by atoms with Crippen LogP contribution in [-0.4, -0.2) is 36.2 Å². The normalized spacial score (nSPS) is 11.7. The van der Waals surface area contributed by atoms with Crippen LogP contribution in [0.1, 0.15) is 46.6 Å². The molecule has 3 aromatic rings. The van der Waals surface area contributed by atoms with Gasteiger partial charge >= 0.3 is 6.09 Å². The summed E-state index contributed by atoms with van der Waals surface area (Å²) in [5, 5.41) is 1.11. The number of ether oxygens (including phenoxy) is 1. The Balaban J connectivity index is 1.69. The third kappa shape index (κ3) is 7.04. The van der Waals surface area contributed by atoms with Gasteiger partial charge in [-0.15, -0.1) is 0 Å². The van der Waals surface area contributed by atoms with Gasteiger partial charge in [-0.3, -0.25) is 0 Å². The second-order valence-corrected chi connectivity index (χ2v) is 9.72. The molecule has 172 valence electrons. The summed E-state index contributed by atoms with van der Waals surface area (Å²) >= 11 is 0. The highest BCUT2D eigenvalue weighted by atomic mass is 16.6. The van der Waals surface area contributed by atoms with Crippen molar-refractivity contribution in [2.75, 3.05) is 24.5 Å². The SMILES string of the molecule is CC(C)CN(CCCN(Cc1ccccc1)C(=O)OC(C)(C)C)c1ccc2occc2c1. The van der Waals surface area contributed by atoms with Crippen LogP contribution in [0.15, 0.2) is 65.3 Å². The van der Waals surface area contributed by atoms with Gasteiger partial charge in [0.05, 0.1) is 6.26 Å². The Labute approximate surface area is 192 Å². The van der Waals surface area contributed by atoms with E-state index in [4.69, 9.17) is 9.15 Å². The van der Waals surface area contributed by atoms with E-state index in [1.807, 2.05) is 68.1 Å². The van der Waals surface area contributed by atoms with Gasteiger partial charge in [0.15, 0.2) is 0 Å². The van der Waals surface area contributed by atoms with Crippen molar-refractivity contribution < 1.29 is 13.9 Å². The Hall–Kier alpha value is -2.95. The molecule has 0 radical (unpaired) electrons. The number of anilines is 1. The van der Waals surface area contributed by atoms with E-state index in [2.05, 4.69) is 30.9 Å². The van der Waals surface area contributed by atoms with E-state index in [0.29, 0.717) is 19.0 Å². The summed E-state index contributed by atoms with van der Waals surface area (Å²) in [6.07, 6.45) is 2.31. The van der Waals surface area contributed by atoms with Gasteiger partial charge < -0.3 is 19.0 Å². The minimum Gasteiger partial charge on any atom is -0.464 e. The molecule has 0 atom stereocenters. The second-order valence-electron chi connectivity index (χ2n) is 9.72. The predicted molar refractivity (Wildman–Crippen MR) is 131 cm³/mol. The van der Waals surface area contributed by atoms with Crippen LogP contribution in [0.5, 0.6) is 0 Å². The maximum Gasteiger partial charge on any atom is 0.410 e. The van der Waals surface area contributed by atoms with Crippen molar-refractivity contribution >= 4 is 22.7 Å². The fraction of sp³-hybridized carbons (Fsp3) is 0.444. The predicted octanol–water partition coefficient (Wildman–Crippen LogP) is 6.72. The molecule has 5 heteroatoms. The highest BCUT2D eigenvalue weighted by molar-refractivity contribution is 5.81. The first-order valence-corrected chi connectivity index (χ1v) is 11.5. The smallest absolute Gasteiger partial charge is 0.410 e. The van der Waals surface area contributed by atoms with Crippen LogP contribution in [-0.2, 0) is 11.3 Å². The molecule has 2 aromatic carbocycles. The number of benzene rings is 2. The summed E-state index contributed by atoms with van der Waals surface area (Å²) in [6.45, 7) is 13.2. The second kappa shape index (κ2) is 10.6. The van der Waals surface area contributed by atoms with E-state index < -0.39 is 5.60 Å². The number of rotatable bonds is 9. The van der Waals surface area contributed by atoms with Crippen LogP contribution in [0.2, 0.25) is 0 Å². The van der Waals surface area contributed by atoms with E-state index in [0.717, 1.165) is 36.0 Å². The first-order chi connectivity index (χ1) is 15.2. The van der Waals surface area contributed by atoms with Crippen molar-refractivity contribution in [3.8, 4) is 0 Å². The lowest BCUT2D eigenvalue weighted by Crippen LogP contribution is -2.38. The van der Waals surface area contributed by atoms with Gasteiger partial charge in [0.1, 0.15) is 11.2 Å². The average molecular weight is 437 g/mol. The first-order valence-electron chi connectivity index (χ1n) is 11.5. The Morgan fingerprint density at radius 1 is 1.03 bits per heavy atom. The minimum absolute atomic E-state index is 0.267. The fourth-order valence-corrected chi connectivity index (χ4v) is 3.73. The lowest BCUT2D eigenvalue weighted by Gasteiger charge is -2.30. The summed E-state index contributed by atoms with van der Waals surface area (Å²) in [4.78, 5) is 17.1. The number of hydrogen-bond acceptors (Lipinski definition) is 4. The van der Waals surface area contributed by atoms with Gasteiger partial charge in [-0.05, 0) is 62.9 Å². The summed E-state index contributed by atoms with van der Waals surface area (Å²) in [5.74, 6) is 0.529. The molecule has 0 N–H and O–H groups in total. The number of fused-ring (bicyclic) bond motifs is 1. The van der Waals surface area contributed by atoms with Crippen LogP contribution in [0.3, 0.4) is 0 Å². The highest BCUT2D eigenvalue weighted by Gasteiger charge is 2.22. The molecule has 0 aliphatic carbocycles. The van der Waals surface area contributed by atoms with Crippen LogP contribution < -0.4 is 4.90 Å². The molecule has 0 saturated heterocycles. The zero-order valence-electron chi connectivity index (χ0n) is 20.0. The Bertz CT molecular complexity index is 989. The van der Waals surface area contributed by atoms with Crippen molar-refractivity contribution in [2.24, 2.45) is 5.92 Å². The van der Waals surface area contributed by atoms with Crippen LogP contribution in [0.25, 0.3) is 11.0 Å². The molecule has 0 saturated carbocycles. The van der Waals surface area contributed by atoms with Crippen molar-refractivity contribution in [1.29, 1.82) is 0 Å². The quantitative estimate of drug-likeness (QED) is 0.373. The standard InChI is InChI=1S/C27H36N2O3/c1-21(2)19-28(24-12-13-25-23(18-24)14-17-31-25)15-9-16-29(26(30)32-27(3,4)5)20-22-10-7-6-8-11-22/h6-8,10-14,17-18,21H,9,15-16,19-20H2,1-5H3. The lowest BCUT2D eigenvalue weighted by atomic mass is 10.1. The molecular formula is C27H36N2O3. The summed E-state index contributed by atoms with van der Waals surface area (Å²) < 4.78 is 11.2. The Morgan fingerprint density at radius 2 is 1.78 bits per heavy atom. The lowest BCUT2D eigenvalue weighted by molar-refractivity contribution is 0.0232. The van der Waals surface area contributed by atoms with Gasteiger partial charge in [-0.1, -0.05) is 44.2 Å². The molecule has 1 heterocycles. The van der Waals surface area contributed by atoms with Crippen LogP contribution in [0, 0.1) is 5.92 Å². The number of hydrogen-bond donors (Lipinski definition) is 0. The maximum atomic E-state index is 12.9. The van der Waals surface area contributed by atoms with Crippen molar-refractivity contribution in [1.82, 2.24) is 4.90 Å². The van der Waals surface area contributed by atoms with Gasteiger partial charge in [-0.2, -0.15) is 0 Å². The molecule has 0 unspecified atom stereocenters. The van der Waals surface area contributed by atoms with Crippen molar-refractivity contribution in [2.45, 2.75) is 53.2 Å². The molecule has 0 fully saturated rings. The number of nitrogens with zero attached hydrogens (tertiary/aromatic N) is 2. The van der Waals surface area contributed by atoms with Gasteiger partial charge in [-0.25, -0.2) is 4.79 Å². The molecule has 1 aromatic heterocycles. The minimum atomic E-state index is -0.518. The molecule has 0 aliphatic heterocycles. The molecule has 32 heavy (non-hydrogen) atoms. The number of carbonyl (C=O) groups excluding carboxylic acids is 1. The van der Waals surface area contributed by atoms with Crippen LogP contribution in [0.4, 0.5) is 10.5 Å². The summed E-state index contributed by atoms with van der Waals surface area (Å²) in [6, 6.07) is 18.4. The maximum absolute atomic E-state index is 12.9. The monoisotopic (exact) mass is 436 g/mol. The topological polar surface area (TPSA) is 45.9 Å². The van der Waals surface area contributed by atoms with Crippen LogP contribution >= 0.6 is 0 Å². The molecule has 5 nitrogen and oxygen atoms in total. The molecule has 3 rings (SSSR count). The van der Waals surface area contributed by atoms with Gasteiger partial charge in [0, 0.05) is 37.3 Å². The molecular weight excluding hydrogens is 400 g/mol. The fourth-order valence-electron chi connectivity index (χ4n) is 3.73. The van der Waals surface area contributed by atoms with Gasteiger partial charge in [0.2, 0.25) is 0 Å². The first kappa shape index (κ1) is 23.7.